The van der Waals surface area contributed by atoms with Gasteiger partial charge in [0.15, 0.2) is 0 Å². The average molecular weight is 141 g/mol. The highest BCUT2D eigenvalue weighted by molar-refractivity contribution is 7.44. The standard InChI is InChI=1S/C4H10F2NP/c1-4(2,3)7-8(5)6/h7H,1-3H3. The van der Waals surface area contributed by atoms with Crippen LogP contribution >= 0.6 is 8.69 Å². The maximum Gasteiger partial charge on any atom is 0.343 e. The molecule has 0 unspecified atom stereocenters. The van der Waals surface area contributed by atoms with Crippen LogP contribution in [0, 0.1) is 0 Å². The summed E-state index contributed by atoms with van der Waals surface area (Å²) in [5.41, 5.74) is -0.449. The Morgan fingerprint density at radius 1 is 1.25 bits per heavy atom. The fraction of sp³-hybridized carbons (Fsp3) is 1.00. The van der Waals surface area contributed by atoms with Gasteiger partial charge in [-0.1, -0.05) is 0 Å². The fourth-order valence-electron chi connectivity index (χ4n) is 0.254. The van der Waals surface area contributed by atoms with Crippen LogP contribution in [0.1, 0.15) is 20.8 Å². The molecule has 0 fully saturated rings. The van der Waals surface area contributed by atoms with Gasteiger partial charge in [0.25, 0.3) is 0 Å². The molecule has 1 nitrogen and oxygen atoms in total. The van der Waals surface area contributed by atoms with Gasteiger partial charge in [-0.25, -0.2) is 5.09 Å². The molecule has 0 aliphatic rings. The van der Waals surface area contributed by atoms with E-state index in [2.05, 4.69) is 5.09 Å². The normalized spacial score (nSPS) is 12.8. The van der Waals surface area contributed by atoms with Crippen LogP contribution < -0.4 is 5.09 Å². The zero-order chi connectivity index (χ0) is 6.78. The summed E-state index contributed by atoms with van der Waals surface area (Å²) >= 11 is 0. The molecule has 0 heterocycles. The smallest absolute Gasteiger partial charge is 0.238 e. The van der Waals surface area contributed by atoms with Crippen molar-refractivity contribution in [2.75, 3.05) is 0 Å². The first-order valence-electron chi connectivity index (χ1n) is 2.31. The molecule has 0 aliphatic carbocycles. The number of hydrogen-bond acceptors (Lipinski definition) is 1. The number of hydrogen-bond donors (Lipinski definition) is 1. The Morgan fingerprint density at radius 2 is 1.62 bits per heavy atom. The summed E-state index contributed by atoms with van der Waals surface area (Å²) in [6.45, 7) is 5.13. The molecular formula is C4H10F2NP. The van der Waals surface area contributed by atoms with Crippen molar-refractivity contribution in [1.29, 1.82) is 0 Å². The number of rotatable bonds is 1. The SMILES string of the molecule is CC(C)(C)NP(F)F. The summed E-state index contributed by atoms with van der Waals surface area (Å²) in [7, 11) is -2.94. The molecule has 0 aromatic heterocycles. The second-order valence-corrected chi connectivity index (χ2v) is 3.28. The highest BCUT2D eigenvalue weighted by Gasteiger charge is 2.15. The molecule has 4 heteroatoms. The Kier molecular flexibility index (Phi) is 2.78. The van der Waals surface area contributed by atoms with E-state index < -0.39 is 14.2 Å². The molecule has 8 heavy (non-hydrogen) atoms. The van der Waals surface area contributed by atoms with Crippen molar-refractivity contribution in [3.8, 4) is 0 Å². The van der Waals surface area contributed by atoms with Gasteiger partial charge >= 0.3 is 8.69 Å². The molecule has 0 radical (unpaired) electrons. The largest absolute Gasteiger partial charge is 0.343 e. The quantitative estimate of drug-likeness (QED) is 0.553. The van der Waals surface area contributed by atoms with E-state index in [1.807, 2.05) is 0 Å². The van der Waals surface area contributed by atoms with Crippen molar-refractivity contribution in [2.24, 2.45) is 0 Å². The minimum absolute atomic E-state index is 0.449. The molecule has 0 rings (SSSR count). The molecule has 1 N–H and O–H groups in total. The third-order valence-corrected chi connectivity index (χ3v) is 1.26. The lowest BCUT2D eigenvalue weighted by atomic mass is 10.1. The Bertz CT molecular complexity index is 68.9. The van der Waals surface area contributed by atoms with Gasteiger partial charge in [0.05, 0.1) is 0 Å². The molecule has 0 aromatic carbocycles. The van der Waals surface area contributed by atoms with Crippen LogP contribution in [-0.4, -0.2) is 5.54 Å². The zero-order valence-corrected chi connectivity index (χ0v) is 6.10. The van der Waals surface area contributed by atoms with Crippen LogP contribution in [0.2, 0.25) is 0 Å². The Morgan fingerprint density at radius 3 is 1.62 bits per heavy atom. The Hall–Kier alpha value is 0.250. The summed E-state index contributed by atoms with van der Waals surface area (Å²) in [6, 6.07) is 0. The first-order valence-corrected chi connectivity index (χ1v) is 3.44. The number of nitrogens with one attached hydrogen (secondary N) is 1. The first-order chi connectivity index (χ1) is 3.42. The van der Waals surface area contributed by atoms with Crippen molar-refractivity contribution >= 4 is 8.69 Å². The van der Waals surface area contributed by atoms with E-state index >= 15 is 0 Å². The van der Waals surface area contributed by atoms with E-state index in [0.29, 0.717) is 0 Å². The molecule has 0 saturated carbocycles. The minimum atomic E-state index is -2.94. The Balaban J connectivity index is 3.39. The predicted molar refractivity (Wildman–Crippen MR) is 32.0 cm³/mol. The fourth-order valence-corrected chi connectivity index (χ4v) is 0.761. The summed E-state index contributed by atoms with van der Waals surface area (Å²) < 4.78 is 23.0. The molecule has 0 bridgehead atoms. The van der Waals surface area contributed by atoms with E-state index in [-0.39, 0.29) is 0 Å². The van der Waals surface area contributed by atoms with Gasteiger partial charge < -0.3 is 0 Å². The molecular weight excluding hydrogens is 131 g/mol. The topological polar surface area (TPSA) is 12.0 Å². The van der Waals surface area contributed by atoms with Crippen molar-refractivity contribution in [3.05, 3.63) is 0 Å². The van der Waals surface area contributed by atoms with Gasteiger partial charge in [-0.05, 0) is 20.8 Å². The van der Waals surface area contributed by atoms with Gasteiger partial charge in [-0.2, -0.15) is 8.39 Å². The summed E-state index contributed by atoms with van der Waals surface area (Å²) in [6.07, 6.45) is 0. The van der Waals surface area contributed by atoms with Crippen molar-refractivity contribution in [2.45, 2.75) is 26.3 Å². The minimum Gasteiger partial charge on any atom is -0.238 e. The highest BCUT2D eigenvalue weighted by Crippen LogP contribution is 2.35. The van der Waals surface area contributed by atoms with E-state index in [0.717, 1.165) is 0 Å². The molecule has 0 aliphatic heterocycles. The summed E-state index contributed by atoms with van der Waals surface area (Å²) in [5, 5.41) is 2.11. The lowest BCUT2D eigenvalue weighted by molar-refractivity contribution is 0.500. The molecule has 0 amide bonds. The third-order valence-electron chi connectivity index (χ3n) is 0.420. The monoisotopic (exact) mass is 141 g/mol. The van der Waals surface area contributed by atoms with Crippen LogP contribution in [0.25, 0.3) is 0 Å². The van der Waals surface area contributed by atoms with E-state index in [9.17, 15) is 8.39 Å². The second-order valence-electron chi connectivity index (χ2n) is 2.59. The molecule has 0 saturated heterocycles. The lowest BCUT2D eigenvalue weighted by Gasteiger charge is -2.17. The van der Waals surface area contributed by atoms with Gasteiger partial charge in [0.1, 0.15) is 0 Å². The van der Waals surface area contributed by atoms with Gasteiger partial charge in [-0.3, -0.25) is 0 Å². The second kappa shape index (κ2) is 2.70. The van der Waals surface area contributed by atoms with Crippen molar-refractivity contribution in [3.63, 3.8) is 0 Å². The van der Waals surface area contributed by atoms with Gasteiger partial charge in [0.2, 0.25) is 0 Å². The van der Waals surface area contributed by atoms with Crippen LogP contribution in [0.15, 0.2) is 0 Å². The van der Waals surface area contributed by atoms with Crippen LogP contribution in [0.4, 0.5) is 8.39 Å². The number of halogens is 2. The van der Waals surface area contributed by atoms with Crippen LogP contribution in [0.3, 0.4) is 0 Å². The summed E-state index contributed by atoms with van der Waals surface area (Å²) in [4.78, 5) is 0. The highest BCUT2D eigenvalue weighted by atomic mass is 31.2. The Labute approximate surface area is 49.5 Å². The average Bonchev–Trinajstić information content (AvgIpc) is 1.21. The summed E-state index contributed by atoms with van der Waals surface area (Å²) in [5.74, 6) is 0. The van der Waals surface area contributed by atoms with E-state index in [1.165, 1.54) is 0 Å². The maximum atomic E-state index is 11.5. The molecule has 0 atom stereocenters. The zero-order valence-electron chi connectivity index (χ0n) is 5.20. The lowest BCUT2D eigenvalue weighted by Crippen LogP contribution is -2.29. The van der Waals surface area contributed by atoms with Gasteiger partial charge in [-0.15, -0.1) is 0 Å². The van der Waals surface area contributed by atoms with Crippen molar-refractivity contribution < 1.29 is 8.39 Å². The molecule has 0 aromatic rings. The third kappa shape index (κ3) is 6.25. The first kappa shape index (κ1) is 8.25. The molecule has 0 spiro atoms. The van der Waals surface area contributed by atoms with Crippen LogP contribution in [0.5, 0.6) is 0 Å². The van der Waals surface area contributed by atoms with E-state index in [1.54, 1.807) is 20.8 Å². The molecule has 50 valence electrons. The van der Waals surface area contributed by atoms with Gasteiger partial charge in [0, 0.05) is 5.54 Å². The van der Waals surface area contributed by atoms with Crippen LogP contribution in [-0.2, 0) is 0 Å². The van der Waals surface area contributed by atoms with E-state index in [4.69, 9.17) is 0 Å². The van der Waals surface area contributed by atoms with Crippen molar-refractivity contribution in [1.82, 2.24) is 5.09 Å². The maximum absolute atomic E-state index is 11.5. The predicted octanol–water partition coefficient (Wildman–Crippen LogP) is 2.54.